The van der Waals surface area contributed by atoms with Gasteiger partial charge in [-0.3, -0.25) is 4.79 Å². The summed E-state index contributed by atoms with van der Waals surface area (Å²) in [4.78, 5) is 15.1. The summed E-state index contributed by atoms with van der Waals surface area (Å²) < 4.78 is 5.76. The number of rotatable bonds is 7. The third-order valence-electron chi connectivity index (χ3n) is 3.68. The van der Waals surface area contributed by atoms with Crippen LogP contribution in [0.4, 0.5) is 0 Å². The molecule has 1 heterocycles. The topological polar surface area (TPSA) is 55.6 Å². The third kappa shape index (κ3) is 5.47. The lowest BCUT2D eigenvalue weighted by atomic mass is 10.1. The SMILES string of the molecule is NCCCOC1CCN(C(=O)CSc2ccccc2Cl)CC1. The van der Waals surface area contributed by atoms with Gasteiger partial charge in [-0.25, -0.2) is 0 Å². The summed E-state index contributed by atoms with van der Waals surface area (Å²) in [5, 5.41) is 0.701. The van der Waals surface area contributed by atoms with Crippen molar-refractivity contribution in [2.75, 3.05) is 32.0 Å². The van der Waals surface area contributed by atoms with Crippen molar-refractivity contribution in [1.29, 1.82) is 0 Å². The first-order chi connectivity index (χ1) is 10.7. The van der Waals surface area contributed by atoms with Gasteiger partial charge in [-0.05, 0) is 37.9 Å². The predicted octanol–water partition coefficient (Wildman–Crippen LogP) is 2.79. The molecule has 2 N–H and O–H groups in total. The van der Waals surface area contributed by atoms with Gasteiger partial charge in [0.1, 0.15) is 0 Å². The molecule has 1 aliphatic rings. The van der Waals surface area contributed by atoms with Gasteiger partial charge < -0.3 is 15.4 Å². The van der Waals surface area contributed by atoms with Crippen LogP contribution in [-0.2, 0) is 9.53 Å². The van der Waals surface area contributed by atoms with Crippen LogP contribution in [0.25, 0.3) is 0 Å². The Morgan fingerprint density at radius 2 is 2.09 bits per heavy atom. The second kappa shape index (κ2) is 9.40. The highest BCUT2D eigenvalue weighted by Crippen LogP contribution is 2.27. The molecule has 1 saturated heterocycles. The summed E-state index contributed by atoms with van der Waals surface area (Å²) in [6.07, 6.45) is 2.99. The Morgan fingerprint density at radius 1 is 1.36 bits per heavy atom. The fourth-order valence-corrected chi connectivity index (χ4v) is 3.54. The number of ether oxygens (including phenoxy) is 1. The van der Waals surface area contributed by atoms with Crippen LogP contribution >= 0.6 is 23.4 Å². The van der Waals surface area contributed by atoms with E-state index in [1.54, 1.807) is 0 Å². The molecule has 22 heavy (non-hydrogen) atoms. The highest BCUT2D eigenvalue weighted by atomic mass is 35.5. The molecule has 0 bridgehead atoms. The summed E-state index contributed by atoms with van der Waals surface area (Å²) in [5.74, 6) is 0.605. The number of piperidine rings is 1. The zero-order valence-electron chi connectivity index (χ0n) is 12.7. The Morgan fingerprint density at radius 3 is 2.77 bits per heavy atom. The van der Waals surface area contributed by atoms with Gasteiger partial charge in [0.15, 0.2) is 0 Å². The maximum absolute atomic E-state index is 12.3. The zero-order chi connectivity index (χ0) is 15.8. The molecule has 6 heteroatoms. The summed E-state index contributed by atoms with van der Waals surface area (Å²) >= 11 is 7.60. The van der Waals surface area contributed by atoms with Crippen LogP contribution in [0.5, 0.6) is 0 Å². The van der Waals surface area contributed by atoms with E-state index >= 15 is 0 Å². The molecule has 0 unspecified atom stereocenters. The zero-order valence-corrected chi connectivity index (χ0v) is 14.2. The molecule has 0 atom stereocenters. The van der Waals surface area contributed by atoms with Crippen molar-refractivity contribution < 1.29 is 9.53 Å². The summed E-state index contributed by atoms with van der Waals surface area (Å²) in [5.41, 5.74) is 5.45. The maximum atomic E-state index is 12.3. The molecule has 122 valence electrons. The van der Waals surface area contributed by atoms with E-state index in [4.69, 9.17) is 22.1 Å². The van der Waals surface area contributed by atoms with Crippen molar-refractivity contribution in [2.24, 2.45) is 5.73 Å². The number of halogens is 1. The van der Waals surface area contributed by atoms with Crippen LogP contribution in [0.2, 0.25) is 5.02 Å². The van der Waals surface area contributed by atoms with Gasteiger partial charge in [-0.15, -0.1) is 11.8 Å². The average molecular weight is 343 g/mol. The first kappa shape index (κ1) is 17.6. The minimum atomic E-state index is 0.172. The average Bonchev–Trinajstić information content (AvgIpc) is 2.55. The fraction of sp³-hybridized carbons (Fsp3) is 0.562. The number of nitrogens with two attached hydrogens (primary N) is 1. The van der Waals surface area contributed by atoms with Crippen molar-refractivity contribution in [1.82, 2.24) is 4.90 Å². The monoisotopic (exact) mass is 342 g/mol. The standard InChI is InChI=1S/C16H23ClN2O2S/c17-14-4-1-2-5-15(14)22-12-16(20)19-9-6-13(7-10-19)21-11-3-8-18/h1-2,4-5,13H,3,6-12,18H2. The molecule has 1 amide bonds. The molecule has 0 aromatic heterocycles. The molecular weight excluding hydrogens is 320 g/mol. The van der Waals surface area contributed by atoms with Crippen molar-refractivity contribution in [3.05, 3.63) is 29.3 Å². The van der Waals surface area contributed by atoms with Crippen molar-refractivity contribution >= 4 is 29.3 Å². The van der Waals surface area contributed by atoms with E-state index in [9.17, 15) is 4.79 Å². The lowest BCUT2D eigenvalue weighted by Gasteiger charge is -2.32. The molecule has 1 aliphatic heterocycles. The Kier molecular flexibility index (Phi) is 7.52. The van der Waals surface area contributed by atoms with Crippen molar-refractivity contribution in [3.63, 3.8) is 0 Å². The molecule has 1 fully saturated rings. The lowest BCUT2D eigenvalue weighted by Crippen LogP contribution is -2.41. The second-order valence-electron chi connectivity index (χ2n) is 5.31. The van der Waals surface area contributed by atoms with E-state index in [0.29, 0.717) is 17.3 Å². The predicted molar refractivity (Wildman–Crippen MR) is 91.4 cm³/mol. The van der Waals surface area contributed by atoms with Gasteiger partial charge in [0, 0.05) is 24.6 Å². The van der Waals surface area contributed by atoms with Gasteiger partial charge in [0.25, 0.3) is 0 Å². The quantitative estimate of drug-likeness (QED) is 0.611. The highest BCUT2D eigenvalue weighted by Gasteiger charge is 2.23. The van der Waals surface area contributed by atoms with Crippen LogP contribution < -0.4 is 5.73 Å². The third-order valence-corrected chi connectivity index (χ3v) is 5.18. The smallest absolute Gasteiger partial charge is 0.232 e. The van der Waals surface area contributed by atoms with E-state index in [0.717, 1.165) is 43.9 Å². The van der Waals surface area contributed by atoms with E-state index in [2.05, 4.69) is 0 Å². The fourth-order valence-electron chi connectivity index (χ4n) is 2.40. The van der Waals surface area contributed by atoms with E-state index in [1.807, 2.05) is 29.2 Å². The molecule has 4 nitrogen and oxygen atoms in total. The number of carbonyl (C=O) groups is 1. The molecule has 0 aliphatic carbocycles. The van der Waals surface area contributed by atoms with Gasteiger partial charge >= 0.3 is 0 Å². The van der Waals surface area contributed by atoms with Crippen LogP contribution in [0.3, 0.4) is 0 Å². The second-order valence-corrected chi connectivity index (χ2v) is 6.74. The number of amides is 1. The minimum absolute atomic E-state index is 0.172. The Bertz CT molecular complexity index is 479. The first-order valence-electron chi connectivity index (χ1n) is 7.67. The van der Waals surface area contributed by atoms with Crippen molar-refractivity contribution in [3.8, 4) is 0 Å². The Labute approximate surface area is 141 Å². The Hall–Kier alpha value is -0.750. The summed E-state index contributed by atoms with van der Waals surface area (Å²) in [7, 11) is 0. The highest BCUT2D eigenvalue weighted by molar-refractivity contribution is 8.00. The van der Waals surface area contributed by atoms with Gasteiger partial charge in [0.05, 0.1) is 16.9 Å². The van der Waals surface area contributed by atoms with E-state index in [-0.39, 0.29) is 12.0 Å². The van der Waals surface area contributed by atoms with Crippen LogP contribution in [-0.4, -0.2) is 48.9 Å². The lowest BCUT2D eigenvalue weighted by molar-refractivity contribution is -0.130. The molecule has 1 aromatic carbocycles. The maximum Gasteiger partial charge on any atom is 0.232 e. The van der Waals surface area contributed by atoms with Crippen LogP contribution in [0, 0.1) is 0 Å². The number of thioether (sulfide) groups is 1. The number of nitrogens with zero attached hydrogens (tertiary/aromatic N) is 1. The number of hydrogen-bond donors (Lipinski definition) is 1. The first-order valence-corrected chi connectivity index (χ1v) is 9.04. The van der Waals surface area contributed by atoms with Crippen molar-refractivity contribution in [2.45, 2.75) is 30.3 Å². The largest absolute Gasteiger partial charge is 0.378 e. The van der Waals surface area contributed by atoms with E-state index < -0.39 is 0 Å². The molecule has 2 rings (SSSR count). The molecular formula is C16H23ClN2O2S. The molecule has 1 aromatic rings. The summed E-state index contributed by atoms with van der Waals surface area (Å²) in [6.45, 7) is 2.93. The van der Waals surface area contributed by atoms with Gasteiger partial charge in [-0.1, -0.05) is 23.7 Å². The minimum Gasteiger partial charge on any atom is -0.378 e. The Balaban J connectivity index is 1.70. The van der Waals surface area contributed by atoms with Crippen LogP contribution in [0.15, 0.2) is 29.2 Å². The molecule has 0 radical (unpaired) electrons. The van der Waals surface area contributed by atoms with Gasteiger partial charge in [-0.2, -0.15) is 0 Å². The normalized spacial score (nSPS) is 16.0. The number of likely N-dealkylation sites (tertiary alicyclic amines) is 1. The number of carbonyl (C=O) groups excluding carboxylic acids is 1. The molecule has 0 spiro atoms. The van der Waals surface area contributed by atoms with Gasteiger partial charge in [0.2, 0.25) is 5.91 Å². The number of benzene rings is 1. The number of hydrogen-bond acceptors (Lipinski definition) is 4. The summed E-state index contributed by atoms with van der Waals surface area (Å²) in [6, 6.07) is 7.61. The van der Waals surface area contributed by atoms with E-state index in [1.165, 1.54) is 11.8 Å². The molecule has 0 saturated carbocycles. The van der Waals surface area contributed by atoms with Crippen LogP contribution in [0.1, 0.15) is 19.3 Å².